The number of carbonyl (C=O) groups excluding carboxylic acids is 2. The van der Waals surface area contributed by atoms with Gasteiger partial charge in [-0.1, -0.05) is 17.7 Å². The average molecular weight is 495 g/mol. The Morgan fingerprint density at radius 2 is 1.80 bits per heavy atom. The molecule has 35 heavy (non-hydrogen) atoms. The molecule has 2 aliphatic heterocycles. The van der Waals surface area contributed by atoms with Crippen molar-refractivity contribution in [1.82, 2.24) is 9.63 Å². The first kappa shape index (κ1) is 22.3. The van der Waals surface area contributed by atoms with Gasteiger partial charge in [-0.3, -0.25) is 0 Å². The minimum absolute atomic E-state index is 0.0343. The van der Waals surface area contributed by atoms with Gasteiger partial charge in [0.15, 0.2) is 0 Å². The van der Waals surface area contributed by atoms with Crippen molar-refractivity contribution < 1.29 is 23.6 Å². The van der Waals surface area contributed by atoms with Gasteiger partial charge >= 0.3 is 11.9 Å². The summed E-state index contributed by atoms with van der Waals surface area (Å²) in [6.45, 7) is 2.71. The standard InChI is InChI=1S/C27H24ClFN2O4/c28-19-4-3-16-1-2-18(21(16)13-19)15-30-11-9-17(10-12-30)26-22-14-20(29)5-6-23(22)31-27(26)34-24(32)7-8-25(33)35-31/h3-8,13-14,17-18H,1-2,9-12,15H2/b8-7+. The van der Waals surface area contributed by atoms with Gasteiger partial charge in [-0.2, -0.15) is 0 Å². The predicted molar refractivity (Wildman–Crippen MR) is 129 cm³/mol. The molecule has 0 spiro atoms. The highest BCUT2D eigenvalue weighted by atomic mass is 35.5. The van der Waals surface area contributed by atoms with Gasteiger partial charge in [-0.25, -0.2) is 14.0 Å². The smallest absolute Gasteiger partial charge is 0.356 e. The van der Waals surface area contributed by atoms with E-state index in [0.717, 1.165) is 62.5 Å². The number of aryl methyl sites for hydroxylation is 1. The predicted octanol–water partition coefficient (Wildman–Crippen LogP) is 4.77. The molecule has 1 atom stereocenters. The van der Waals surface area contributed by atoms with Crippen LogP contribution in [0.5, 0.6) is 5.88 Å². The monoisotopic (exact) mass is 494 g/mol. The largest absolute Gasteiger partial charge is 0.403 e. The number of hydrogen-bond donors (Lipinski definition) is 0. The fourth-order valence-corrected chi connectivity index (χ4v) is 5.95. The Balaban J connectivity index is 1.26. The molecule has 1 aliphatic carbocycles. The van der Waals surface area contributed by atoms with Gasteiger partial charge in [-0.05, 0) is 92.1 Å². The number of piperidine rings is 1. The summed E-state index contributed by atoms with van der Waals surface area (Å²) >= 11 is 6.25. The van der Waals surface area contributed by atoms with Crippen molar-refractivity contribution in [3.63, 3.8) is 0 Å². The lowest BCUT2D eigenvalue weighted by Gasteiger charge is -2.34. The third-order valence-electron chi connectivity index (χ3n) is 7.40. The lowest BCUT2D eigenvalue weighted by molar-refractivity contribution is -0.142. The summed E-state index contributed by atoms with van der Waals surface area (Å²) in [5, 5.41) is 1.38. The van der Waals surface area contributed by atoms with Crippen LogP contribution in [0.25, 0.3) is 10.9 Å². The molecule has 0 bridgehead atoms. The number of nitrogens with zero attached hydrogens (tertiary/aromatic N) is 2. The van der Waals surface area contributed by atoms with Crippen LogP contribution in [-0.2, 0) is 16.0 Å². The quantitative estimate of drug-likeness (QED) is 0.491. The van der Waals surface area contributed by atoms with Crippen LogP contribution in [0.3, 0.4) is 0 Å². The number of benzene rings is 2. The minimum Gasteiger partial charge on any atom is -0.403 e. The van der Waals surface area contributed by atoms with Gasteiger partial charge in [0.05, 0.1) is 5.52 Å². The summed E-state index contributed by atoms with van der Waals surface area (Å²) in [5.41, 5.74) is 3.96. The van der Waals surface area contributed by atoms with Crippen molar-refractivity contribution in [2.24, 2.45) is 0 Å². The zero-order chi connectivity index (χ0) is 24.1. The van der Waals surface area contributed by atoms with Crippen LogP contribution in [0.4, 0.5) is 4.39 Å². The van der Waals surface area contributed by atoms with E-state index in [-0.39, 0.29) is 11.8 Å². The molecular weight excluding hydrogens is 471 g/mol. The zero-order valence-electron chi connectivity index (χ0n) is 19.0. The topological polar surface area (TPSA) is 60.8 Å². The Bertz CT molecular complexity index is 1370. The number of esters is 1. The number of likely N-dealkylation sites (tertiary alicyclic amines) is 1. The second-order valence-corrected chi connectivity index (χ2v) is 9.93. The summed E-state index contributed by atoms with van der Waals surface area (Å²) < 4.78 is 21.1. The van der Waals surface area contributed by atoms with Crippen LogP contribution in [-0.4, -0.2) is 41.2 Å². The highest BCUT2D eigenvalue weighted by Gasteiger charge is 2.33. The summed E-state index contributed by atoms with van der Waals surface area (Å²) in [7, 11) is 0. The van der Waals surface area contributed by atoms with Crippen LogP contribution in [0, 0.1) is 5.82 Å². The Morgan fingerprint density at radius 1 is 1.00 bits per heavy atom. The first-order valence-corrected chi connectivity index (χ1v) is 12.3. The summed E-state index contributed by atoms with van der Waals surface area (Å²) in [4.78, 5) is 32.3. The van der Waals surface area contributed by atoms with Gasteiger partial charge < -0.3 is 14.5 Å². The highest BCUT2D eigenvalue weighted by molar-refractivity contribution is 6.30. The maximum atomic E-state index is 14.2. The molecular formula is C27H24ClFN2O4. The van der Waals surface area contributed by atoms with Crippen molar-refractivity contribution in [2.45, 2.75) is 37.5 Å². The Hall–Kier alpha value is -3.16. The molecule has 1 fully saturated rings. The van der Waals surface area contributed by atoms with Crippen LogP contribution in [0.15, 0.2) is 48.6 Å². The third-order valence-corrected chi connectivity index (χ3v) is 7.64. The van der Waals surface area contributed by atoms with E-state index >= 15 is 0 Å². The zero-order valence-corrected chi connectivity index (χ0v) is 19.8. The van der Waals surface area contributed by atoms with Gasteiger partial charge in [0.25, 0.3) is 0 Å². The van der Waals surface area contributed by atoms with E-state index in [1.807, 2.05) is 6.07 Å². The Morgan fingerprint density at radius 3 is 2.63 bits per heavy atom. The lowest BCUT2D eigenvalue weighted by Crippen LogP contribution is -2.35. The molecule has 8 heteroatoms. The average Bonchev–Trinajstić information content (AvgIpc) is 3.35. The molecule has 0 saturated carbocycles. The fraction of sp³-hybridized carbons (Fsp3) is 0.333. The number of carbonyl (C=O) groups is 2. The first-order chi connectivity index (χ1) is 17.0. The molecule has 180 valence electrons. The van der Waals surface area contributed by atoms with Crippen LogP contribution in [0.2, 0.25) is 5.02 Å². The first-order valence-electron chi connectivity index (χ1n) is 11.9. The van der Waals surface area contributed by atoms with Gasteiger partial charge in [0, 0.05) is 34.7 Å². The summed E-state index contributed by atoms with van der Waals surface area (Å²) in [5.74, 6) is -1.09. The molecule has 1 unspecified atom stereocenters. The molecule has 1 saturated heterocycles. The van der Waals surface area contributed by atoms with Crippen molar-refractivity contribution in [2.75, 3.05) is 19.6 Å². The molecule has 1 aromatic heterocycles. The number of fused-ring (bicyclic) bond motifs is 4. The summed E-state index contributed by atoms with van der Waals surface area (Å²) in [6, 6.07) is 10.5. The van der Waals surface area contributed by atoms with E-state index in [0.29, 0.717) is 22.4 Å². The molecule has 0 amide bonds. The Kier molecular flexibility index (Phi) is 5.61. The molecule has 3 aliphatic rings. The number of ether oxygens (including phenoxy) is 1. The van der Waals surface area contributed by atoms with Gasteiger partial charge in [0.2, 0.25) is 5.88 Å². The van der Waals surface area contributed by atoms with Crippen molar-refractivity contribution >= 4 is 34.4 Å². The van der Waals surface area contributed by atoms with Crippen LogP contribution in [0.1, 0.15) is 47.8 Å². The molecule has 3 aromatic rings. The number of halogens is 2. The van der Waals surface area contributed by atoms with Crippen molar-refractivity contribution in [3.8, 4) is 5.88 Å². The highest BCUT2D eigenvalue weighted by Crippen LogP contribution is 2.43. The molecule has 6 rings (SSSR count). The summed E-state index contributed by atoms with van der Waals surface area (Å²) in [6.07, 6.45) is 5.91. The number of rotatable bonds is 3. The van der Waals surface area contributed by atoms with E-state index < -0.39 is 17.8 Å². The van der Waals surface area contributed by atoms with E-state index in [1.165, 1.54) is 28.0 Å². The van der Waals surface area contributed by atoms with Crippen molar-refractivity contribution in [1.29, 1.82) is 0 Å². The fourth-order valence-electron chi connectivity index (χ4n) is 5.77. The maximum Gasteiger partial charge on any atom is 0.356 e. The second kappa shape index (κ2) is 8.81. The van der Waals surface area contributed by atoms with Gasteiger partial charge in [-0.15, -0.1) is 4.73 Å². The number of hydrogen-bond acceptors (Lipinski definition) is 5. The lowest BCUT2D eigenvalue weighted by atomic mass is 9.88. The molecule has 3 heterocycles. The SMILES string of the molecule is O=C1/C=C/C(=O)On2c(c(C3CCN(CC4CCc5ccc(Cl)cc54)CC3)c3cc(F)ccc32)O1. The molecule has 0 N–H and O–H groups in total. The third kappa shape index (κ3) is 4.13. The van der Waals surface area contributed by atoms with E-state index in [1.54, 1.807) is 6.07 Å². The van der Waals surface area contributed by atoms with E-state index in [4.69, 9.17) is 21.2 Å². The minimum atomic E-state index is -0.692. The second-order valence-electron chi connectivity index (χ2n) is 9.49. The van der Waals surface area contributed by atoms with Gasteiger partial charge in [0.1, 0.15) is 5.82 Å². The van der Waals surface area contributed by atoms with Crippen LogP contribution < -0.4 is 9.57 Å². The van der Waals surface area contributed by atoms with E-state index in [2.05, 4.69) is 17.0 Å². The molecule has 6 nitrogen and oxygen atoms in total. The molecule has 2 aromatic carbocycles. The maximum absolute atomic E-state index is 14.2. The Labute approximate surface area is 206 Å². The van der Waals surface area contributed by atoms with Crippen molar-refractivity contribution in [3.05, 3.63) is 76.1 Å². The number of aromatic nitrogens is 1. The normalized spacial score (nSPS) is 21.7. The van der Waals surface area contributed by atoms with E-state index in [9.17, 15) is 14.0 Å². The molecule has 0 radical (unpaired) electrons. The van der Waals surface area contributed by atoms with Crippen LogP contribution >= 0.6 is 11.6 Å².